The maximum Gasteiger partial charge on any atom is 0.407 e. The van der Waals surface area contributed by atoms with Gasteiger partial charge < -0.3 is 10.1 Å². The van der Waals surface area contributed by atoms with Crippen LogP contribution in [0, 0.1) is 11.2 Å². The lowest BCUT2D eigenvalue weighted by Gasteiger charge is -2.38. The molecule has 1 aliphatic rings. The molecule has 1 saturated heterocycles. The third-order valence-electron chi connectivity index (χ3n) is 2.91. The van der Waals surface area contributed by atoms with Crippen LogP contribution in [-0.4, -0.2) is 12.7 Å². The van der Waals surface area contributed by atoms with Crippen LogP contribution in [0.5, 0.6) is 0 Å². The minimum Gasteiger partial charge on any atom is -0.449 e. The molecule has 1 aromatic rings. The Labute approximate surface area is 104 Å². The maximum atomic E-state index is 13.8. The van der Waals surface area contributed by atoms with Gasteiger partial charge in [0.25, 0.3) is 0 Å². The fraction of sp³-hybridized carbons (Fsp3) is 0.417. The lowest BCUT2D eigenvalue weighted by atomic mass is 9.80. The van der Waals surface area contributed by atoms with E-state index in [0.29, 0.717) is 10.6 Å². The van der Waals surface area contributed by atoms with Gasteiger partial charge in [0.15, 0.2) is 0 Å². The monoisotopic (exact) mass is 257 g/mol. The van der Waals surface area contributed by atoms with Crippen molar-refractivity contribution in [3.63, 3.8) is 0 Å². The standard InChI is InChI=1S/C12H13ClFNO2/c1-12(2)6-17-11(16)15-10(12)9-7(13)4-3-5-8(9)14/h3-5,10H,6H2,1-2H3,(H,15,16)/t10-/m1/s1. The van der Waals surface area contributed by atoms with Crippen molar-refractivity contribution in [1.82, 2.24) is 5.32 Å². The lowest BCUT2D eigenvalue weighted by molar-refractivity contribution is 0.0378. The van der Waals surface area contributed by atoms with Crippen molar-refractivity contribution in [2.24, 2.45) is 5.41 Å². The summed E-state index contributed by atoms with van der Waals surface area (Å²) >= 11 is 6.01. The number of amides is 1. The topological polar surface area (TPSA) is 38.3 Å². The van der Waals surface area contributed by atoms with Crippen molar-refractivity contribution in [3.05, 3.63) is 34.6 Å². The van der Waals surface area contributed by atoms with E-state index in [9.17, 15) is 9.18 Å². The maximum absolute atomic E-state index is 13.8. The third-order valence-corrected chi connectivity index (χ3v) is 3.24. The molecule has 0 unspecified atom stereocenters. The summed E-state index contributed by atoms with van der Waals surface area (Å²) in [6.45, 7) is 4.01. The molecule has 1 amide bonds. The van der Waals surface area contributed by atoms with E-state index in [2.05, 4.69) is 5.32 Å². The molecule has 2 rings (SSSR count). The zero-order chi connectivity index (χ0) is 12.6. The highest BCUT2D eigenvalue weighted by atomic mass is 35.5. The van der Waals surface area contributed by atoms with Gasteiger partial charge in [-0.15, -0.1) is 0 Å². The van der Waals surface area contributed by atoms with Gasteiger partial charge in [-0.25, -0.2) is 9.18 Å². The molecule has 3 nitrogen and oxygen atoms in total. The number of carbonyl (C=O) groups excluding carboxylic acids is 1. The van der Waals surface area contributed by atoms with Crippen LogP contribution in [0.25, 0.3) is 0 Å². The van der Waals surface area contributed by atoms with E-state index in [1.807, 2.05) is 13.8 Å². The lowest BCUT2D eigenvalue weighted by Crippen LogP contribution is -2.47. The SMILES string of the molecule is CC1(C)COC(=O)N[C@@H]1c1c(F)cccc1Cl. The number of nitrogens with one attached hydrogen (secondary N) is 1. The highest BCUT2D eigenvalue weighted by Gasteiger charge is 2.40. The Bertz CT molecular complexity index is 442. The predicted octanol–water partition coefficient (Wildman–Crippen LogP) is 3.29. The first-order valence-electron chi connectivity index (χ1n) is 5.29. The van der Waals surface area contributed by atoms with Gasteiger partial charge in [-0.1, -0.05) is 31.5 Å². The van der Waals surface area contributed by atoms with Crippen LogP contribution < -0.4 is 5.32 Å². The number of hydrogen-bond donors (Lipinski definition) is 1. The van der Waals surface area contributed by atoms with Gasteiger partial charge >= 0.3 is 6.09 Å². The number of carbonyl (C=O) groups is 1. The fourth-order valence-electron chi connectivity index (χ4n) is 1.94. The van der Waals surface area contributed by atoms with Crippen LogP contribution in [-0.2, 0) is 4.74 Å². The Hall–Kier alpha value is -1.29. The molecule has 1 aromatic carbocycles. The minimum absolute atomic E-state index is 0.230. The molecule has 17 heavy (non-hydrogen) atoms. The summed E-state index contributed by atoms with van der Waals surface area (Å²) in [5.41, 5.74) is -0.101. The zero-order valence-corrected chi connectivity index (χ0v) is 10.3. The van der Waals surface area contributed by atoms with E-state index in [1.165, 1.54) is 12.1 Å². The van der Waals surface area contributed by atoms with Gasteiger partial charge in [-0.3, -0.25) is 0 Å². The molecule has 0 bridgehead atoms. The number of hydrogen-bond acceptors (Lipinski definition) is 2. The summed E-state index contributed by atoms with van der Waals surface area (Å²) in [4.78, 5) is 11.3. The summed E-state index contributed by atoms with van der Waals surface area (Å²) in [6.07, 6.45) is -0.548. The van der Waals surface area contributed by atoms with Gasteiger partial charge in [-0.2, -0.15) is 0 Å². The Balaban J connectivity index is 2.46. The number of halogens is 2. The predicted molar refractivity (Wildman–Crippen MR) is 62.4 cm³/mol. The molecule has 1 aliphatic heterocycles. The molecule has 0 saturated carbocycles. The first-order valence-corrected chi connectivity index (χ1v) is 5.67. The van der Waals surface area contributed by atoms with Crippen molar-refractivity contribution >= 4 is 17.7 Å². The van der Waals surface area contributed by atoms with Crippen LogP contribution in [0.1, 0.15) is 25.5 Å². The van der Waals surface area contributed by atoms with E-state index in [1.54, 1.807) is 6.07 Å². The van der Waals surface area contributed by atoms with Crippen molar-refractivity contribution in [2.45, 2.75) is 19.9 Å². The first kappa shape index (κ1) is 12.2. The van der Waals surface area contributed by atoms with E-state index >= 15 is 0 Å². The molecule has 0 aromatic heterocycles. The summed E-state index contributed by atoms with van der Waals surface area (Å²) in [6, 6.07) is 3.99. The number of cyclic esters (lactones) is 1. The Kier molecular flexibility index (Phi) is 3.00. The van der Waals surface area contributed by atoms with Gasteiger partial charge in [0, 0.05) is 16.0 Å². The second kappa shape index (κ2) is 4.18. The van der Waals surface area contributed by atoms with Crippen molar-refractivity contribution < 1.29 is 13.9 Å². The van der Waals surface area contributed by atoms with E-state index < -0.39 is 23.4 Å². The van der Waals surface area contributed by atoms with Crippen LogP contribution in [0.3, 0.4) is 0 Å². The number of ether oxygens (including phenoxy) is 1. The third kappa shape index (κ3) is 2.22. The summed E-state index contributed by atoms with van der Waals surface area (Å²) in [7, 11) is 0. The second-order valence-corrected chi connectivity index (χ2v) is 5.18. The molecular formula is C12H13ClFNO2. The van der Waals surface area contributed by atoms with Crippen LogP contribution in [0.15, 0.2) is 18.2 Å². The number of benzene rings is 1. The summed E-state index contributed by atoms with van der Waals surface area (Å²) in [5.74, 6) is -0.419. The van der Waals surface area contributed by atoms with Crippen molar-refractivity contribution in [2.75, 3.05) is 6.61 Å². The van der Waals surface area contributed by atoms with Gasteiger partial charge in [0.05, 0.1) is 6.04 Å². The highest BCUT2D eigenvalue weighted by Crippen LogP contribution is 2.40. The Morgan fingerprint density at radius 2 is 2.24 bits per heavy atom. The Morgan fingerprint density at radius 1 is 1.53 bits per heavy atom. The van der Waals surface area contributed by atoms with Crippen molar-refractivity contribution in [1.29, 1.82) is 0 Å². The molecule has 1 heterocycles. The molecular weight excluding hydrogens is 245 g/mol. The van der Waals surface area contributed by atoms with Gasteiger partial charge in [0.1, 0.15) is 12.4 Å². The molecule has 1 atom stereocenters. The Morgan fingerprint density at radius 3 is 2.88 bits per heavy atom. The first-order chi connectivity index (χ1) is 7.92. The average Bonchev–Trinajstić information content (AvgIpc) is 2.23. The summed E-state index contributed by atoms with van der Waals surface area (Å²) < 4.78 is 18.7. The molecule has 1 fully saturated rings. The van der Waals surface area contributed by atoms with Gasteiger partial charge in [0.2, 0.25) is 0 Å². The largest absolute Gasteiger partial charge is 0.449 e. The van der Waals surface area contributed by atoms with E-state index in [4.69, 9.17) is 16.3 Å². The fourth-order valence-corrected chi connectivity index (χ4v) is 2.21. The average molecular weight is 258 g/mol. The second-order valence-electron chi connectivity index (χ2n) is 4.78. The van der Waals surface area contributed by atoms with Crippen LogP contribution in [0.2, 0.25) is 5.02 Å². The molecule has 5 heteroatoms. The zero-order valence-electron chi connectivity index (χ0n) is 9.59. The number of alkyl carbamates (subject to hydrolysis) is 1. The van der Waals surface area contributed by atoms with Crippen LogP contribution >= 0.6 is 11.6 Å². The normalized spacial score (nSPS) is 22.8. The van der Waals surface area contributed by atoms with Crippen LogP contribution in [0.4, 0.5) is 9.18 Å². The number of rotatable bonds is 1. The van der Waals surface area contributed by atoms with Gasteiger partial charge in [-0.05, 0) is 12.1 Å². The molecule has 0 aliphatic carbocycles. The van der Waals surface area contributed by atoms with E-state index in [0.717, 1.165) is 0 Å². The highest BCUT2D eigenvalue weighted by molar-refractivity contribution is 6.31. The molecule has 1 N–H and O–H groups in total. The summed E-state index contributed by atoms with van der Waals surface area (Å²) in [5, 5.41) is 2.93. The minimum atomic E-state index is -0.548. The van der Waals surface area contributed by atoms with Crippen molar-refractivity contribution in [3.8, 4) is 0 Å². The molecule has 0 spiro atoms. The molecule has 92 valence electrons. The molecule has 0 radical (unpaired) electrons. The van der Waals surface area contributed by atoms with E-state index in [-0.39, 0.29) is 6.61 Å². The quantitative estimate of drug-likeness (QED) is 0.838. The smallest absolute Gasteiger partial charge is 0.407 e.